The molecule has 1 aromatic heterocycles. The van der Waals surface area contributed by atoms with Gasteiger partial charge in [0.1, 0.15) is 11.3 Å². The lowest BCUT2D eigenvalue weighted by Gasteiger charge is -2.09. The highest BCUT2D eigenvalue weighted by Crippen LogP contribution is 2.28. The Labute approximate surface area is 95.2 Å². The van der Waals surface area contributed by atoms with Crippen LogP contribution in [0.15, 0.2) is 24.3 Å². The van der Waals surface area contributed by atoms with Gasteiger partial charge in [-0.2, -0.15) is 0 Å². The summed E-state index contributed by atoms with van der Waals surface area (Å²) in [4.78, 5) is 4.48. The van der Waals surface area contributed by atoms with Crippen LogP contribution in [0.4, 0.5) is 5.69 Å². The maximum atomic E-state index is 5.96. The third kappa shape index (κ3) is 1.94. The molecule has 0 spiro atoms. The van der Waals surface area contributed by atoms with Crippen molar-refractivity contribution in [2.75, 3.05) is 12.3 Å². The lowest BCUT2D eigenvalue weighted by atomic mass is 10.1. The summed E-state index contributed by atoms with van der Waals surface area (Å²) in [6.07, 6.45) is 0.984. The van der Waals surface area contributed by atoms with Crippen molar-refractivity contribution >= 4 is 16.6 Å². The average Bonchev–Trinajstić information content (AvgIpc) is 2.26. The van der Waals surface area contributed by atoms with Crippen LogP contribution in [0.3, 0.4) is 0 Å². The predicted octanol–water partition coefficient (Wildman–Crippen LogP) is 2.91. The van der Waals surface area contributed by atoms with E-state index >= 15 is 0 Å². The largest absolute Gasteiger partial charge is 0.491 e. The maximum Gasteiger partial charge on any atom is 0.145 e. The normalized spacial score (nSPS) is 10.6. The van der Waals surface area contributed by atoms with Gasteiger partial charge in [-0.25, -0.2) is 4.98 Å². The fraction of sp³-hybridized carbons (Fsp3) is 0.308. The van der Waals surface area contributed by atoms with E-state index in [0.717, 1.165) is 34.5 Å². The number of para-hydroxylation sites is 1. The Balaban J connectivity index is 2.57. The van der Waals surface area contributed by atoms with Crippen molar-refractivity contribution in [3.63, 3.8) is 0 Å². The molecule has 0 bridgehead atoms. The van der Waals surface area contributed by atoms with Crippen molar-refractivity contribution in [2.45, 2.75) is 20.3 Å². The number of aryl methyl sites for hydroxylation is 1. The molecule has 0 aliphatic carbocycles. The lowest BCUT2D eigenvalue weighted by molar-refractivity contribution is 0.320. The first kappa shape index (κ1) is 10.7. The number of nitrogens with two attached hydrogens (primary N) is 1. The number of anilines is 1. The number of ether oxygens (including phenoxy) is 1. The molecule has 3 heteroatoms. The van der Waals surface area contributed by atoms with Gasteiger partial charge in [-0.3, -0.25) is 0 Å². The van der Waals surface area contributed by atoms with Crippen molar-refractivity contribution in [3.8, 4) is 5.75 Å². The van der Waals surface area contributed by atoms with Gasteiger partial charge in [0.15, 0.2) is 0 Å². The van der Waals surface area contributed by atoms with E-state index in [1.165, 1.54) is 0 Å². The van der Waals surface area contributed by atoms with E-state index in [0.29, 0.717) is 6.61 Å². The molecule has 0 amide bonds. The van der Waals surface area contributed by atoms with Crippen LogP contribution in [0.1, 0.15) is 19.0 Å². The number of rotatable bonds is 3. The van der Waals surface area contributed by atoms with Crippen molar-refractivity contribution in [1.82, 2.24) is 4.98 Å². The van der Waals surface area contributed by atoms with Gasteiger partial charge in [0.05, 0.1) is 6.61 Å². The van der Waals surface area contributed by atoms with Crippen molar-refractivity contribution < 1.29 is 4.74 Å². The van der Waals surface area contributed by atoms with E-state index in [4.69, 9.17) is 10.5 Å². The van der Waals surface area contributed by atoms with E-state index < -0.39 is 0 Å². The first-order chi connectivity index (χ1) is 7.72. The summed E-state index contributed by atoms with van der Waals surface area (Å²) in [5.41, 5.74) is 8.48. The molecule has 0 atom stereocenters. The number of nitrogen functional groups attached to an aromatic ring is 1. The molecule has 0 radical (unpaired) electrons. The zero-order valence-corrected chi connectivity index (χ0v) is 9.66. The van der Waals surface area contributed by atoms with Crippen LogP contribution in [0.5, 0.6) is 5.75 Å². The van der Waals surface area contributed by atoms with Gasteiger partial charge in [0.25, 0.3) is 0 Å². The van der Waals surface area contributed by atoms with Crippen LogP contribution < -0.4 is 10.5 Å². The minimum absolute atomic E-state index is 0.703. The summed E-state index contributed by atoms with van der Waals surface area (Å²) in [6.45, 7) is 4.72. The first-order valence-electron chi connectivity index (χ1n) is 5.51. The smallest absolute Gasteiger partial charge is 0.145 e. The lowest BCUT2D eigenvalue weighted by Crippen LogP contribution is -1.98. The highest BCUT2D eigenvalue weighted by Gasteiger charge is 2.06. The molecular formula is C13H16N2O. The van der Waals surface area contributed by atoms with Gasteiger partial charge in [-0.15, -0.1) is 0 Å². The molecule has 2 rings (SSSR count). The van der Waals surface area contributed by atoms with Gasteiger partial charge in [-0.1, -0.05) is 19.1 Å². The minimum atomic E-state index is 0.703. The summed E-state index contributed by atoms with van der Waals surface area (Å²) in [7, 11) is 0. The molecule has 2 N–H and O–H groups in total. The summed E-state index contributed by atoms with van der Waals surface area (Å²) < 4.78 is 5.66. The van der Waals surface area contributed by atoms with E-state index in [1.54, 1.807) is 0 Å². The first-order valence-corrected chi connectivity index (χ1v) is 5.51. The standard InChI is InChI=1S/C13H16N2O/c1-3-7-16-12-6-4-5-10-11(14)8-9(2)15-13(10)12/h4-6,8H,3,7H2,1-2H3,(H2,14,15). The number of benzene rings is 1. The third-order valence-corrected chi connectivity index (χ3v) is 2.42. The molecule has 1 heterocycles. The number of hydrogen-bond donors (Lipinski definition) is 1. The second kappa shape index (κ2) is 4.39. The van der Waals surface area contributed by atoms with Gasteiger partial charge in [-0.05, 0) is 25.5 Å². The Morgan fingerprint density at radius 1 is 1.38 bits per heavy atom. The molecular weight excluding hydrogens is 200 g/mol. The molecule has 2 aromatic rings. The van der Waals surface area contributed by atoms with Crippen LogP contribution in [-0.4, -0.2) is 11.6 Å². The third-order valence-electron chi connectivity index (χ3n) is 2.42. The molecule has 0 unspecified atom stereocenters. The van der Waals surface area contributed by atoms with Crippen molar-refractivity contribution in [1.29, 1.82) is 0 Å². The Morgan fingerprint density at radius 3 is 2.94 bits per heavy atom. The zero-order chi connectivity index (χ0) is 11.5. The highest BCUT2D eigenvalue weighted by molar-refractivity contribution is 5.94. The Hall–Kier alpha value is -1.77. The predicted molar refractivity (Wildman–Crippen MR) is 66.7 cm³/mol. The highest BCUT2D eigenvalue weighted by atomic mass is 16.5. The number of aromatic nitrogens is 1. The van der Waals surface area contributed by atoms with Gasteiger partial charge in [0.2, 0.25) is 0 Å². The summed E-state index contributed by atoms with van der Waals surface area (Å²) in [5.74, 6) is 0.815. The molecule has 1 aromatic carbocycles. The topological polar surface area (TPSA) is 48.1 Å². The Kier molecular flexibility index (Phi) is 2.95. The van der Waals surface area contributed by atoms with Crippen LogP contribution in [-0.2, 0) is 0 Å². The summed E-state index contributed by atoms with van der Waals surface area (Å²) in [6, 6.07) is 7.73. The molecule has 0 saturated carbocycles. The fourth-order valence-electron chi connectivity index (χ4n) is 1.71. The van der Waals surface area contributed by atoms with Crippen LogP contribution in [0, 0.1) is 6.92 Å². The Morgan fingerprint density at radius 2 is 2.19 bits per heavy atom. The monoisotopic (exact) mass is 216 g/mol. The molecule has 0 fully saturated rings. The zero-order valence-electron chi connectivity index (χ0n) is 9.66. The number of pyridine rings is 1. The van der Waals surface area contributed by atoms with Crippen LogP contribution >= 0.6 is 0 Å². The van der Waals surface area contributed by atoms with Crippen LogP contribution in [0.2, 0.25) is 0 Å². The Bertz CT molecular complexity index is 509. The molecule has 0 saturated heterocycles. The second-order valence-electron chi connectivity index (χ2n) is 3.85. The average molecular weight is 216 g/mol. The maximum absolute atomic E-state index is 5.96. The van der Waals surface area contributed by atoms with Crippen molar-refractivity contribution in [3.05, 3.63) is 30.0 Å². The van der Waals surface area contributed by atoms with E-state index in [1.807, 2.05) is 31.2 Å². The summed E-state index contributed by atoms with van der Waals surface area (Å²) >= 11 is 0. The molecule has 0 aliphatic rings. The van der Waals surface area contributed by atoms with Crippen LogP contribution in [0.25, 0.3) is 10.9 Å². The van der Waals surface area contributed by atoms with E-state index in [9.17, 15) is 0 Å². The molecule has 0 aliphatic heterocycles. The number of hydrogen-bond acceptors (Lipinski definition) is 3. The van der Waals surface area contributed by atoms with Gasteiger partial charge >= 0.3 is 0 Å². The number of nitrogens with zero attached hydrogens (tertiary/aromatic N) is 1. The molecule has 84 valence electrons. The minimum Gasteiger partial charge on any atom is -0.491 e. The molecule has 16 heavy (non-hydrogen) atoms. The van der Waals surface area contributed by atoms with E-state index in [2.05, 4.69) is 11.9 Å². The van der Waals surface area contributed by atoms with Gasteiger partial charge in [0, 0.05) is 16.8 Å². The second-order valence-corrected chi connectivity index (χ2v) is 3.85. The van der Waals surface area contributed by atoms with E-state index in [-0.39, 0.29) is 0 Å². The van der Waals surface area contributed by atoms with Gasteiger partial charge < -0.3 is 10.5 Å². The fourth-order valence-corrected chi connectivity index (χ4v) is 1.71. The number of fused-ring (bicyclic) bond motifs is 1. The van der Waals surface area contributed by atoms with Crippen molar-refractivity contribution in [2.24, 2.45) is 0 Å². The SMILES string of the molecule is CCCOc1cccc2c(N)cc(C)nc12. The summed E-state index contributed by atoms with van der Waals surface area (Å²) in [5, 5.41) is 0.958. The molecule has 3 nitrogen and oxygen atoms in total. The quantitative estimate of drug-likeness (QED) is 0.858.